The summed E-state index contributed by atoms with van der Waals surface area (Å²) >= 11 is 1.58. The van der Waals surface area contributed by atoms with Crippen molar-refractivity contribution >= 4 is 23.1 Å². The molecule has 1 amide bonds. The van der Waals surface area contributed by atoms with Gasteiger partial charge in [0.25, 0.3) is 0 Å². The number of hydrogen-bond acceptors (Lipinski definition) is 5. The number of carbonyl (C=O) groups excluding carboxylic acids is 1. The number of amides is 1. The molecule has 0 unspecified atom stereocenters. The molecule has 0 fully saturated rings. The van der Waals surface area contributed by atoms with Gasteiger partial charge in [-0.05, 0) is 38.5 Å². The first-order valence-corrected chi connectivity index (χ1v) is 8.03. The van der Waals surface area contributed by atoms with Gasteiger partial charge in [-0.25, -0.2) is 9.78 Å². The summed E-state index contributed by atoms with van der Waals surface area (Å²) in [7, 11) is 0. The molecule has 22 heavy (non-hydrogen) atoms. The smallest absolute Gasteiger partial charge is 0.407 e. The minimum atomic E-state index is -0.485. The summed E-state index contributed by atoms with van der Waals surface area (Å²) in [5, 5.41) is 8.08. The van der Waals surface area contributed by atoms with Crippen molar-refractivity contribution in [2.75, 3.05) is 5.32 Å². The first-order chi connectivity index (χ1) is 10.4. The van der Waals surface area contributed by atoms with Crippen LogP contribution in [0.5, 0.6) is 0 Å². The molecule has 0 bridgehead atoms. The van der Waals surface area contributed by atoms with Crippen LogP contribution in [0.2, 0.25) is 0 Å². The first kappa shape index (κ1) is 16.3. The Labute approximate surface area is 134 Å². The number of carbonyl (C=O) groups is 1. The highest BCUT2D eigenvalue weighted by molar-refractivity contribution is 7.07. The maximum atomic E-state index is 11.6. The van der Waals surface area contributed by atoms with E-state index in [-0.39, 0.29) is 0 Å². The molecule has 0 aliphatic heterocycles. The summed E-state index contributed by atoms with van der Waals surface area (Å²) in [4.78, 5) is 15.9. The molecular formula is C16H21N3O2S. The molecule has 0 saturated heterocycles. The first-order valence-electron chi connectivity index (χ1n) is 7.09. The van der Waals surface area contributed by atoms with Gasteiger partial charge in [0.1, 0.15) is 5.60 Å². The summed E-state index contributed by atoms with van der Waals surface area (Å²) < 4.78 is 5.21. The van der Waals surface area contributed by atoms with Crippen LogP contribution in [0, 0.1) is 0 Å². The molecule has 0 radical (unpaired) electrons. The minimum absolute atomic E-state index is 0.409. The lowest BCUT2D eigenvalue weighted by molar-refractivity contribution is 0.0523. The van der Waals surface area contributed by atoms with E-state index >= 15 is 0 Å². The number of thiazole rings is 1. The van der Waals surface area contributed by atoms with Crippen molar-refractivity contribution in [1.82, 2.24) is 10.3 Å². The zero-order valence-electron chi connectivity index (χ0n) is 13.1. The van der Waals surface area contributed by atoms with Crippen molar-refractivity contribution < 1.29 is 9.53 Å². The standard InChI is InChI=1S/C16H21N3O2S/c1-16(2,3)21-15(20)18-8-12-5-4-6-13(7-12)17-9-14-10-22-11-19-14/h4-7,10-11,17H,8-9H2,1-3H3,(H,18,20). The Balaban J connectivity index is 1.84. The molecule has 6 heteroatoms. The molecule has 2 rings (SSSR count). The van der Waals surface area contributed by atoms with E-state index in [0.717, 1.165) is 16.9 Å². The molecule has 118 valence electrons. The maximum absolute atomic E-state index is 11.6. The quantitative estimate of drug-likeness (QED) is 0.880. The number of aromatic nitrogens is 1. The van der Waals surface area contributed by atoms with Crippen molar-refractivity contribution in [3.05, 3.63) is 46.4 Å². The molecular weight excluding hydrogens is 298 g/mol. The third kappa shape index (κ3) is 5.73. The number of benzene rings is 1. The third-order valence-electron chi connectivity index (χ3n) is 2.72. The van der Waals surface area contributed by atoms with Crippen LogP contribution in [0.4, 0.5) is 10.5 Å². The highest BCUT2D eigenvalue weighted by Gasteiger charge is 2.15. The Morgan fingerprint density at radius 3 is 2.82 bits per heavy atom. The number of hydrogen-bond donors (Lipinski definition) is 2. The average molecular weight is 319 g/mol. The molecule has 2 aromatic rings. The van der Waals surface area contributed by atoms with E-state index in [0.29, 0.717) is 13.1 Å². The number of alkyl carbamates (subject to hydrolysis) is 1. The van der Waals surface area contributed by atoms with Crippen LogP contribution in [-0.4, -0.2) is 16.7 Å². The van der Waals surface area contributed by atoms with Crippen LogP contribution in [0.15, 0.2) is 35.2 Å². The topological polar surface area (TPSA) is 63.2 Å². The monoisotopic (exact) mass is 319 g/mol. The fraction of sp³-hybridized carbons (Fsp3) is 0.375. The van der Waals surface area contributed by atoms with Gasteiger partial charge in [0, 0.05) is 17.6 Å². The van der Waals surface area contributed by atoms with E-state index in [2.05, 4.69) is 15.6 Å². The van der Waals surface area contributed by atoms with Crippen LogP contribution in [0.1, 0.15) is 32.0 Å². The van der Waals surface area contributed by atoms with Gasteiger partial charge in [-0.3, -0.25) is 0 Å². The molecule has 1 heterocycles. The van der Waals surface area contributed by atoms with E-state index in [9.17, 15) is 4.79 Å². The van der Waals surface area contributed by atoms with E-state index in [1.165, 1.54) is 0 Å². The van der Waals surface area contributed by atoms with Gasteiger partial charge in [0.2, 0.25) is 0 Å². The Morgan fingerprint density at radius 2 is 2.14 bits per heavy atom. The predicted molar refractivity (Wildman–Crippen MR) is 89.0 cm³/mol. The Morgan fingerprint density at radius 1 is 1.32 bits per heavy atom. The van der Waals surface area contributed by atoms with Gasteiger partial charge in [-0.15, -0.1) is 11.3 Å². The average Bonchev–Trinajstić information content (AvgIpc) is 2.95. The van der Waals surface area contributed by atoms with Gasteiger partial charge in [0.15, 0.2) is 0 Å². The lowest BCUT2D eigenvalue weighted by atomic mass is 10.2. The molecule has 2 N–H and O–H groups in total. The molecule has 1 aromatic heterocycles. The lowest BCUT2D eigenvalue weighted by Crippen LogP contribution is -2.32. The van der Waals surface area contributed by atoms with Crippen molar-refractivity contribution in [2.45, 2.75) is 39.5 Å². The van der Waals surface area contributed by atoms with Gasteiger partial charge in [0.05, 0.1) is 17.7 Å². The van der Waals surface area contributed by atoms with Gasteiger partial charge in [-0.2, -0.15) is 0 Å². The van der Waals surface area contributed by atoms with Gasteiger partial charge in [-0.1, -0.05) is 12.1 Å². The SMILES string of the molecule is CC(C)(C)OC(=O)NCc1cccc(NCc2cscn2)c1. The number of nitrogens with zero attached hydrogens (tertiary/aromatic N) is 1. The van der Waals surface area contributed by atoms with Crippen LogP contribution < -0.4 is 10.6 Å². The van der Waals surface area contributed by atoms with Crippen molar-refractivity contribution in [3.63, 3.8) is 0 Å². The highest BCUT2D eigenvalue weighted by atomic mass is 32.1. The summed E-state index contributed by atoms with van der Waals surface area (Å²) in [6, 6.07) is 7.91. The van der Waals surface area contributed by atoms with Crippen LogP contribution >= 0.6 is 11.3 Å². The lowest BCUT2D eigenvalue weighted by Gasteiger charge is -2.19. The fourth-order valence-electron chi connectivity index (χ4n) is 1.80. The van der Waals surface area contributed by atoms with Crippen molar-refractivity contribution in [2.24, 2.45) is 0 Å². The van der Waals surface area contributed by atoms with E-state index in [1.54, 1.807) is 11.3 Å². The number of anilines is 1. The Hall–Kier alpha value is -2.08. The minimum Gasteiger partial charge on any atom is -0.444 e. The molecule has 5 nitrogen and oxygen atoms in total. The summed E-state index contributed by atoms with van der Waals surface area (Å²) in [6.45, 7) is 6.65. The number of rotatable bonds is 5. The Kier molecular flexibility index (Phi) is 5.38. The van der Waals surface area contributed by atoms with Crippen LogP contribution in [-0.2, 0) is 17.8 Å². The van der Waals surface area contributed by atoms with E-state index in [1.807, 2.05) is 55.9 Å². The number of ether oxygens (including phenoxy) is 1. The molecule has 0 spiro atoms. The predicted octanol–water partition coefficient (Wildman–Crippen LogP) is 3.78. The zero-order valence-corrected chi connectivity index (χ0v) is 13.9. The molecule has 0 atom stereocenters. The van der Waals surface area contributed by atoms with E-state index < -0.39 is 11.7 Å². The normalized spacial score (nSPS) is 11.0. The highest BCUT2D eigenvalue weighted by Crippen LogP contribution is 2.13. The molecule has 0 aliphatic rings. The van der Waals surface area contributed by atoms with Crippen LogP contribution in [0.25, 0.3) is 0 Å². The summed E-state index contributed by atoms with van der Waals surface area (Å²) in [5.41, 5.74) is 4.35. The largest absolute Gasteiger partial charge is 0.444 e. The molecule has 1 aromatic carbocycles. The second-order valence-corrected chi connectivity index (χ2v) is 6.61. The second kappa shape index (κ2) is 7.26. The van der Waals surface area contributed by atoms with E-state index in [4.69, 9.17) is 4.74 Å². The summed E-state index contributed by atoms with van der Waals surface area (Å²) in [5.74, 6) is 0. The van der Waals surface area contributed by atoms with Crippen molar-refractivity contribution in [1.29, 1.82) is 0 Å². The fourth-order valence-corrected chi connectivity index (χ4v) is 2.36. The second-order valence-electron chi connectivity index (χ2n) is 5.89. The molecule has 0 aliphatic carbocycles. The summed E-state index contributed by atoms with van der Waals surface area (Å²) in [6.07, 6.45) is -0.409. The van der Waals surface area contributed by atoms with Crippen molar-refractivity contribution in [3.8, 4) is 0 Å². The third-order valence-corrected chi connectivity index (χ3v) is 3.36. The maximum Gasteiger partial charge on any atom is 0.407 e. The van der Waals surface area contributed by atoms with Gasteiger partial charge >= 0.3 is 6.09 Å². The van der Waals surface area contributed by atoms with Crippen LogP contribution in [0.3, 0.4) is 0 Å². The molecule has 0 saturated carbocycles. The zero-order chi connectivity index (χ0) is 16.0. The van der Waals surface area contributed by atoms with Gasteiger partial charge < -0.3 is 15.4 Å². The number of nitrogens with one attached hydrogen (secondary N) is 2. The Bertz CT molecular complexity index is 606.